The van der Waals surface area contributed by atoms with E-state index in [1.165, 1.54) is 0 Å². The third-order valence-corrected chi connectivity index (χ3v) is 4.23. The minimum Gasteiger partial charge on any atom is -0.481 e. The van der Waals surface area contributed by atoms with Crippen LogP contribution in [0, 0.1) is 0 Å². The van der Waals surface area contributed by atoms with Gasteiger partial charge in [0.2, 0.25) is 5.88 Å². The van der Waals surface area contributed by atoms with Gasteiger partial charge in [0.05, 0.1) is 12.7 Å². The second kappa shape index (κ2) is 8.39. The van der Waals surface area contributed by atoms with E-state index < -0.39 is 0 Å². The van der Waals surface area contributed by atoms with Gasteiger partial charge in [0.1, 0.15) is 0 Å². The lowest BCUT2D eigenvalue weighted by molar-refractivity contribution is 0.0650. The normalized spacial score (nSPS) is 15.5. The monoisotopic (exact) mass is 338 g/mol. The number of carbonyl (C=O) groups is 1. The Bertz CT molecular complexity index is 708. The molecule has 0 radical (unpaired) electrons. The number of carbonyl (C=O) groups excluding carboxylic acids is 1. The second-order valence-electron chi connectivity index (χ2n) is 5.86. The highest BCUT2D eigenvalue weighted by Crippen LogP contribution is 2.11. The van der Waals surface area contributed by atoms with Crippen LogP contribution in [-0.4, -0.2) is 65.5 Å². The van der Waals surface area contributed by atoms with E-state index >= 15 is 0 Å². The second-order valence-corrected chi connectivity index (χ2v) is 5.86. The summed E-state index contributed by atoms with van der Waals surface area (Å²) in [5.74, 6) is 0.546. The lowest BCUT2D eigenvalue weighted by atomic mass is 10.2. The number of amides is 1. The third-order valence-electron chi connectivity index (χ3n) is 4.23. The number of hydrogen-bond donors (Lipinski definition) is 0. The number of hydrogen-bond acceptors (Lipinski definition) is 5. The maximum Gasteiger partial charge on any atom is 0.255 e. The van der Waals surface area contributed by atoms with Crippen LogP contribution in [0.1, 0.15) is 15.9 Å². The van der Waals surface area contributed by atoms with Gasteiger partial charge in [0.25, 0.3) is 5.91 Å². The molecular weight excluding hydrogens is 316 g/mol. The van der Waals surface area contributed by atoms with E-state index in [9.17, 15) is 4.79 Å². The predicted molar refractivity (Wildman–Crippen MR) is 96.4 cm³/mol. The van der Waals surface area contributed by atoms with Gasteiger partial charge in [-0.2, -0.15) is 0 Å². The van der Waals surface area contributed by atoms with Crippen LogP contribution < -0.4 is 4.74 Å². The van der Waals surface area contributed by atoms with Gasteiger partial charge in [-0.1, -0.05) is 12.2 Å². The Morgan fingerprint density at radius 1 is 1.16 bits per heavy atom. The Labute approximate surface area is 147 Å². The zero-order chi connectivity index (χ0) is 17.5. The Morgan fingerprint density at radius 2 is 1.92 bits per heavy atom. The maximum absolute atomic E-state index is 12.5. The highest BCUT2D eigenvalue weighted by molar-refractivity contribution is 5.94. The number of pyridine rings is 2. The number of nitrogens with zero attached hydrogens (tertiary/aromatic N) is 4. The molecule has 0 saturated carbocycles. The molecule has 3 rings (SSSR count). The third kappa shape index (κ3) is 4.64. The van der Waals surface area contributed by atoms with Gasteiger partial charge in [-0.05, 0) is 23.8 Å². The number of methoxy groups -OCH3 is 1. The van der Waals surface area contributed by atoms with Gasteiger partial charge in [0, 0.05) is 57.4 Å². The summed E-state index contributed by atoms with van der Waals surface area (Å²) in [7, 11) is 1.56. The van der Waals surface area contributed by atoms with Gasteiger partial charge in [0.15, 0.2) is 0 Å². The molecule has 0 unspecified atom stereocenters. The number of piperazine rings is 1. The average molecular weight is 338 g/mol. The SMILES string of the molecule is COc1ccc(C(=O)N2CCN(C/C=C/c3ccncc3)CC2)cn1. The van der Waals surface area contributed by atoms with Crippen molar-refractivity contribution in [2.75, 3.05) is 39.8 Å². The molecule has 25 heavy (non-hydrogen) atoms. The van der Waals surface area contributed by atoms with Gasteiger partial charge in [-0.15, -0.1) is 0 Å². The molecule has 0 aliphatic carbocycles. The van der Waals surface area contributed by atoms with Crippen molar-refractivity contribution in [1.82, 2.24) is 19.8 Å². The molecule has 1 fully saturated rings. The van der Waals surface area contributed by atoms with Crippen LogP contribution in [0.4, 0.5) is 0 Å². The Hall–Kier alpha value is -2.73. The van der Waals surface area contributed by atoms with Crippen LogP contribution in [-0.2, 0) is 0 Å². The minimum absolute atomic E-state index is 0.0298. The van der Waals surface area contributed by atoms with E-state index in [4.69, 9.17) is 4.74 Å². The first-order valence-corrected chi connectivity index (χ1v) is 8.34. The van der Waals surface area contributed by atoms with E-state index in [-0.39, 0.29) is 5.91 Å². The largest absolute Gasteiger partial charge is 0.481 e. The maximum atomic E-state index is 12.5. The van der Waals surface area contributed by atoms with Gasteiger partial charge < -0.3 is 9.64 Å². The predicted octanol–water partition coefficient (Wildman–Crippen LogP) is 1.96. The molecule has 6 nitrogen and oxygen atoms in total. The first kappa shape index (κ1) is 17.1. The van der Waals surface area contributed by atoms with Crippen molar-refractivity contribution in [1.29, 1.82) is 0 Å². The summed E-state index contributed by atoms with van der Waals surface area (Å²) in [4.78, 5) is 24.8. The molecule has 0 spiro atoms. The molecule has 1 aliphatic heterocycles. The van der Waals surface area contributed by atoms with Gasteiger partial charge in [-0.25, -0.2) is 4.98 Å². The van der Waals surface area contributed by atoms with Crippen molar-refractivity contribution in [3.8, 4) is 5.88 Å². The van der Waals surface area contributed by atoms with Gasteiger partial charge >= 0.3 is 0 Å². The van der Waals surface area contributed by atoms with Crippen LogP contribution in [0.15, 0.2) is 48.9 Å². The molecule has 3 heterocycles. The van der Waals surface area contributed by atoms with Crippen LogP contribution in [0.25, 0.3) is 6.08 Å². The van der Waals surface area contributed by atoms with Gasteiger partial charge in [-0.3, -0.25) is 14.7 Å². The Morgan fingerprint density at radius 3 is 2.56 bits per heavy atom. The molecule has 2 aromatic heterocycles. The molecule has 130 valence electrons. The zero-order valence-electron chi connectivity index (χ0n) is 14.3. The highest BCUT2D eigenvalue weighted by atomic mass is 16.5. The number of ether oxygens (including phenoxy) is 1. The number of aromatic nitrogens is 2. The van der Waals surface area contributed by atoms with Crippen LogP contribution in [0.5, 0.6) is 5.88 Å². The van der Waals surface area contributed by atoms with E-state index in [2.05, 4.69) is 27.0 Å². The van der Waals surface area contributed by atoms with Crippen molar-refractivity contribution >= 4 is 12.0 Å². The molecule has 0 bridgehead atoms. The highest BCUT2D eigenvalue weighted by Gasteiger charge is 2.21. The van der Waals surface area contributed by atoms with E-state index in [0.717, 1.165) is 38.3 Å². The Balaban J connectivity index is 1.47. The fraction of sp³-hybridized carbons (Fsp3) is 0.316. The summed E-state index contributed by atoms with van der Waals surface area (Å²) in [6.07, 6.45) is 9.41. The summed E-state index contributed by atoms with van der Waals surface area (Å²) < 4.78 is 5.03. The van der Waals surface area contributed by atoms with E-state index in [0.29, 0.717) is 11.4 Å². The molecule has 6 heteroatoms. The van der Waals surface area contributed by atoms with Crippen molar-refractivity contribution in [2.45, 2.75) is 0 Å². The first-order valence-electron chi connectivity index (χ1n) is 8.34. The van der Waals surface area contributed by atoms with Crippen LogP contribution in [0.3, 0.4) is 0 Å². The van der Waals surface area contributed by atoms with Crippen molar-refractivity contribution < 1.29 is 9.53 Å². The molecule has 0 N–H and O–H groups in total. The van der Waals surface area contributed by atoms with Crippen LogP contribution in [0.2, 0.25) is 0 Å². The molecule has 1 saturated heterocycles. The topological polar surface area (TPSA) is 58.6 Å². The fourth-order valence-electron chi connectivity index (χ4n) is 2.76. The minimum atomic E-state index is 0.0298. The van der Waals surface area contributed by atoms with Crippen molar-refractivity contribution in [2.24, 2.45) is 0 Å². The first-order chi connectivity index (χ1) is 12.3. The lowest BCUT2D eigenvalue weighted by Gasteiger charge is -2.34. The summed E-state index contributed by atoms with van der Waals surface area (Å²) in [5.41, 5.74) is 1.75. The standard InChI is InChI=1S/C19H22N4O2/c1-25-18-5-4-17(15-21-18)19(24)23-13-11-22(12-14-23)10-2-3-16-6-8-20-9-7-16/h2-9,15H,10-14H2,1H3/b3-2+. The summed E-state index contributed by atoms with van der Waals surface area (Å²) in [5, 5.41) is 0. The zero-order valence-corrected chi connectivity index (χ0v) is 14.3. The molecule has 0 aromatic carbocycles. The molecule has 0 atom stereocenters. The molecule has 1 aliphatic rings. The smallest absolute Gasteiger partial charge is 0.255 e. The Kier molecular flexibility index (Phi) is 5.74. The summed E-state index contributed by atoms with van der Waals surface area (Å²) >= 11 is 0. The summed E-state index contributed by atoms with van der Waals surface area (Å²) in [6.45, 7) is 4.09. The van der Waals surface area contributed by atoms with E-state index in [1.807, 2.05) is 17.0 Å². The fourth-order valence-corrected chi connectivity index (χ4v) is 2.76. The molecule has 2 aromatic rings. The molecular formula is C19H22N4O2. The summed E-state index contributed by atoms with van der Waals surface area (Å²) in [6, 6.07) is 7.44. The van der Waals surface area contributed by atoms with E-state index in [1.54, 1.807) is 37.8 Å². The quantitative estimate of drug-likeness (QED) is 0.834. The average Bonchev–Trinajstić information content (AvgIpc) is 2.69. The number of rotatable bonds is 5. The lowest BCUT2D eigenvalue weighted by Crippen LogP contribution is -2.48. The van der Waals surface area contributed by atoms with Crippen molar-refractivity contribution in [3.63, 3.8) is 0 Å². The molecule has 1 amide bonds. The van der Waals surface area contributed by atoms with Crippen molar-refractivity contribution in [3.05, 3.63) is 60.1 Å². The van der Waals surface area contributed by atoms with Crippen LogP contribution >= 0.6 is 0 Å².